The molecule has 1 fully saturated rings. The highest BCUT2D eigenvalue weighted by Crippen LogP contribution is 2.31. The molecule has 3 nitrogen and oxygen atoms in total. The Kier molecular flexibility index (Phi) is 5.26. The zero-order chi connectivity index (χ0) is 12.0. The van der Waals surface area contributed by atoms with E-state index in [4.69, 9.17) is 4.74 Å². The predicted molar refractivity (Wildman–Crippen MR) is 65.3 cm³/mol. The number of rotatable bonds is 5. The van der Waals surface area contributed by atoms with Crippen molar-refractivity contribution >= 4 is 5.91 Å². The molecule has 0 aromatic carbocycles. The van der Waals surface area contributed by atoms with Crippen molar-refractivity contribution < 1.29 is 9.53 Å². The summed E-state index contributed by atoms with van der Waals surface area (Å²) < 4.78 is 5.88. The topological polar surface area (TPSA) is 38.3 Å². The molecule has 0 bridgehead atoms. The molecule has 0 saturated carbocycles. The van der Waals surface area contributed by atoms with E-state index in [1.54, 1.807) is 0 Å². The van der Waals surface area contributed by atoms with Crippen LogP contribution in [0, 0.1) is 0 Å². The minimum absolute atomic E-state index is 0.00239. The van der Waals surface area contributed by atoms with Gasteiger partial charge < -0.3 is 10.1 Å². The number of hydrogen-bond donors (Lipinski definition) is 1. The third-order valence-electron chi connectivity index (χ3n) is 3.62. The summed E-state index contributed by atoms with van der Waals surface area (Å²) in [6.45, 7) is 7.14. The molecule has 16 heavy (non-hydrogen) atoms. The molecule has 1 aliphatic heterocycles. The van der Waals surface area contributed by atoms with Gasteiger partial charge in [-0.15, -0.1) is 0 Å². The molecule has 1 aliphatic rings. The van der Waals surface area contributed by atoms with Gasteiger partial charge in [-0.25, -0.2) is 0 Å². The van der Waals surface area contributed by atoms with Gasteiger partial charge in [-0.05, 0) is 32.1 Å². The number of amides is 1. The van der Waals surface area contributed by atoms with Gasteiger partial charge in [0.25, 0.3) is 0 Å². The lowest BCUT2D eigenvalue weighted by Crippen LogP contribution is -2.48. The molecular weight excluding hydrogens is 202 g/mol. The summed E-state index contributed by atoms with van der Waals surface area (Å²) in [5.41, 5.74) is 0.00239. The zero-order valence-electron chi connectivity index (χ0n) is 10.8. The van der Waals surface area contributed by atoms with Gasteiger partial charge in [0, 0.05) is 19.1 Å². The van der Waals surface area contributed by atoms with E-state index in [2.05, 4.69) is 19.2 Å². The van der Waals surface area contributed by atoms with Crippen LogP contribution in [0.15, 0.2) is 0 Å². The summed E-state index contributed by atoms with van der Waals surface area (Å²) in [4.78, 5) is 11.5. The van der Waals surface area contributed by atoms with Gasteiger partial charge in [0.1, 0.15) is 0 Å². The van der Waals surface area contributed by atoms with Gasteiger partial charge in [-0.1, -0.05) is 20.8 Å². The van der Waals surface area contributed by atoms with Crippen LogP contribution in [0.5, 0.6) is 0 Å². The fraction of sp³-hybridized carbons (Fsp3) is 0.923. The van der Waals surface area contributed by atoms with E-state index >= 15 is 0 Å². The van der Waals surface area contributed by atoms with Crippen LogP contribution >= 0.6 is 0 Å². The minimum atomic E-state index is 0.00239. The Balaban J connectivity index is 2.47. The Bertz CT molecular complexity index is 224. The lowest BCUT2D eigenvalue weighted by Gasteiger charge is -2.40. The SMILES string of the molecule is CCCC(=O)NC1CCOC(CC)(CC)C1. The first kappa shape index (κ1) is 13.5. The number of carbonyl (C=O) groups is 1. The van der Waals surface area contributed by atoms with E-state index in [1.165, 1.54) is 0 Å². The van der Waals surface area contributed by atoms with E-state index in [9.17, 15) is 4.79 Å². The molecule has 1 atom stereocenters. The quantitative estimate of drug-likeness (QED) is 0.784. The van der Waals surface area contributed by atoms with Crippen molar-refractivity contribution in [1.29, 1.82) is 0 Å². The van der Waals surface area contributed by atoms with Gasteiger partial charge in [-0.3, -0.25) is 4.79 Å². The smallest absolute Gasteiger partial charge is 0.220 e. The third kappa shape index (κ3) is 3.48. The van der Waals surface area contributed by atoms with Gasteiger partial charge in [0.2, 0.25) is 5.91 Å². The molecule has 0 aromatic rings. The number of nitrogens with one attached hydrogen (secondary N) is 1. The third-order valence-corrected chi connectivity index (χ3v) is 3.62. The van der Waals surface area contributed by atoms with E-state index in [1.807, 2.05) is 6.92 Å². The Hall–Kier alpha value is -0.570. The summed E-state index contributed by atoms with van der Waals surface area (Å²) >= 11 is 0. The van der Waals surface area contributed by atoms with Crippen LogP contribution < -0.4 is 5.32 Å². The molecule has 1 heterocycles. The molecule has 1 rings (SSSR count). The van der Waals surface area contributed by atoms with Crippen LogP contribution in [-0.4, -0.2) is 24.2 Å². The minimum Gasteiger partial charge on any atom is -0.375 e. The fourth-order valence-corrected chi connectivity index (χ4v) is 2.42. The molecule has 94 valence electrons. The first-order valence-corrected chi connectivity index (χ1v) is 6.59. The maximum Gasteiger partial charge on any atom is 0.220 e. The maximum absolute atomic E-state index is 11.5. The van der Waals surface area contributed by atoms with E-state index < -0.39 is 0 Å². The van der Waals surface area contributed by atoms with Gasteiger partial charge in [0.15, 0.2) is 0 Å². The summed E-state index contributed by atoms with van der Waals surface area (Å²) in [6, 6.07) is 0.313. The van der Waals surface area contributed by atoms with Gasteiger partial charge in [0.05, 0.1) is 5.60 Å². The van der Waals surface area contributed by atoms with Gasteiger partial charge in [-0.2, -0.15) is 0 Å². The van der Waals surface area contributed by atoms with Crippen molar-refractivity contribution in [3.8, 4) is 0 Å². The Morgan fingerprint density at radius 2 is 2.06 bits per heavy atom. The highest BCUT2D eigenvalue weighted by atomic mass is 16.5. The summed E-state index contributed by atoms with van der Waals surface area (Å²) in [5.74, 6) is 0.190. The van der Waals surface area contributed by atoms with Crippen molar-refractivity contribution in [2.24, 2.45) is 0 Å². The molecular formula is C13H25NO2. The molecule has 1 saturated heterocycles. The largest absolute Gasteiger partial charge is 0.375 e. The van der Waals surface area contributed by atoms with Crippen LogP contribution in [0.25, 0.3) is 0 Å². The Labute approximate surface area is 98.9 Å². The lowest BCUT2D eigenvalue weighted by molar-refractivity contribution is -0.126. The maximum atomic E-state index is 11.5. The highest BCUT2D eigenvalue weighted by Gasteiger charge is 2.34. The second-order valence-electron chi connectivity index (χ2n) is 4.75. The van der Waals surface area contributed by atoms with Crippen molar-refractivity contribution in [3.63, 3.8) is 0 Å². The molecule has 1 unspecified atom stereocenters. The number of hydrogen-bond acceptors (Lipinski definition) is 2. The van der Waals surface area contributed by atoms with Gasteiger partial charge >= 0.3 is 0 Å². The summed E-state index contributed by atoms with van der Waals surface area (Å²) in [5, 5.41) is 3.12. The standard InChI is InChI=1S/C13H25NO2/c1-4-7-12(15)14-11-8-9-16-13(5-2,6-3)10-11/h11H,4-10H2,1-3H3,(H,14,15). The Morgan fingerprint density at radius 1 is 1.38 bits per heavy atom. The fourth-order valence-electron chi connectivity index (χ4n) is 2.42. The van der Waals surface area contributed by atoms with Crippen molar-refractivity contribution in [1.82, 2.24) is 5.32 Å². The Morgan fingerprint density at radius 3 is 2.62 bits per heavy atom. The van der Waals surface area contributed by atoms with Crippen LogP contribution in [0.2, 0.25) is 0 Å². The first-order chi connectivity index (χ1) is 7.65. The van der Waals surface area contributed by atoms with Crippen molar-refractivity contribution in [2.75, 3.05) is 6.61 Å². The molecule has 3 heteroatoms. The molecule has 0 spiro atoms. The number of carbonyl (C=O) groups excluding carboxylic acids is 1. The first-order valence-electron chi connectivity index (χ1n) is 6.59. The van der Waals surface area contributed by atoms with Crippen LogP contribution in [0.4, 0.5) is 0 Å². The summed E-state index contributed by atoms with van der Waals surface area (Å²) in [7, 11) is 0. The lowest BCUT2D eigenvalue weighted by atomic mass is 9.86. The van der Waals surface area contributed by atoms with Crippen molar-refractivity contribution in [2.45, 2.75) is 70.9 Å². The van der Waals surface area contributed by atoms with Crippen LogP contribution in [-0.2, 0) is 9.53 Å². The molecule has 0 radical (unpaired) electrons. The molecule has 1 N–H and O–H groups in total. The average molecular weight is 227 g/mol. The normalized spacial score (nSPS) is 24.1. The second kappa shape index (κ2) is 6.24. The van der Waals surface area contributed by atoms with Crippen molar-refractivity contribution in [3.05, 3.63) is 0 Å². The molecule has 1 amide bonds. The number of ether oxygens (including phenoxy) is 1. The second-order valence-corrected chi connectivity index (χ2v) is 4.75. The monoisotopic (exact) mass is 227 g/mol. The molecule has 0 aliphatic carbocycles. The van der Waals surface area contributed by atoms with Crippen LogP contribution in [0.1, 0.15) is 59.3 Å². The van der Waals surface area contributed by atoms with E-state index in [0.717, 1.165) is 38.7 Å². The predicted octanol–water partition coefficient (Wildman–Crippen LogP) is 2.64. The summed E-state index contributed by atoms with van der Waals surface area (Å²) in [6.07, 6.45) is 5.55. The zero-order valence-corrected chi connectivity index (χ0v) is 10.8. The van der Waals surface area contributed by atoms with Crippen LogP contribution in [0.3, 0.4) is 0 Å². The average Bonchev–Trinajstić information content (AvgIpc) is 2.29. The van der Waals surface area contributed by atoms with E-state index in [-0.39, 0.29) is 11.5 Å². The molecule has 0 aromatic heterocycles. The highest BCUT2D eigenvalue weighted by molar-refractivity contribution is 5.76. The van der Waals surface area contributed by atoms with E-state index in [0.29, 0.717) is 12.5 Å².